The van der Waals surface area contributed by atoms with Gasteiger partial charge in [-0.1, -0.05) is 25.1 Å². The van der Waals surface area contributed by atoms with Gasteiger partial charge in [0.1, 0.15) is 0 Å². The third-order valence-electron chi connectivity index (χ3n) is 3.25. The van der Waals surface area contributed by atoms with Gasteiger partial charge in [-0.2, -0.15) is 0 Å². The molecule has 0 unspecified atom stereocenters. The summed E-state index contributed by atoms with van der Waals surface area (Å²) in [7, 11) is 0. The second-order valence-corrected chi connectivity index (χ2v) is 5.56. The Morgan fingerprint density at radius 2 is 2.14 bits per heavy atom. The van der Waals surface area contributed by atoms with Gasteiger partial charge in [-0.25, -0.2) is 4.68 Å². The number of aromatic nitrogens is 4. The summed E-state index contributed by atoms with van der Waals surface area (Å²) in [4.78, 5) is 4.32. The van der Waals surface area contributed by atoms with Gasteiger partial charge in [-0.15, -0.1) is 5.10 Å². The maximum absolute atomic E-state index is 4.32. The van der Waals surface area contributed by atoms with Gasteiger partial charge in [0.25, 0.3) is 0 Å². The molecule has 5 nitrogen and oxygen atoms in total. The summed E-state index contributed by atoms with van der Waals surface area (Å²) in [5.41, 5.74) is 2.93. The molecule has 2 aromatic heterocycles. The van der Waals surface area contributed by atoms with Crippen molar-refractivity contribution in [1.82, 2.24) is 25.3 Å². The Hall–Kier alpha value is -2.27. The summed E-state index contributed by atoms with van der Waals surface area (Å²) >= 11 is 0. The minimum atomic E-state index is 0.632. The Kier molecular flexibility index (Phi) is 3.92. The largest absolute Gasteiger partial charge is 0.311 e. The van der Waals surface area contributed by atoms with Crippen LogP contribution in [0.2, 0.25) is 0 Å². The number of nitrogens with one attached hydrogen (secondary N) is 1. The molecule has 5 heteroatoms. The van der Waals surface area contributed by atoms with E-state index in [0.717, 1.165) is 35.4 Å². The highest BCUT2D eigenvalue weighted by atomic mass is 15.4. The van der Waals surface area contributed by atoms with Gasteiger partial charge in [0.2, 0.25) is 0 Å². The first-order chi connectivity index (χ1) is 10.2. The van der Waals surface area contributed by atoms with Gasteiger partial charge in [0.15, 0.2) is 0 Å². The molecule has 0 spiro atoms. The molecule has 0 atom stereocenters. The fraction of sp³-hybridized carbons (Fsp3) is 0.312. The Labute approximate surface area is 124 Å². The molecule has 0 amide bonds. The summed E-state index contributed by atoms with van der Waals surface area (Å²) in [5.74, 6) is 0.632. The molecule has 0 fully saturated rings. The Balaban J connectivity index is 1.77. The molecule has 0 saturated carbocycles. The second kappa shape index (κ2) is 6.01. The van der Waals surface area contributed by atoms with Gasteiger partial charge >= 0.3 is 0 Å². The van der Waals surface area contributed by atoms with Crippen molar-refractivity contribution in [3.05, 3.63) is 48.4 Å². The lowest BCUT2D eigenvalue weighted by Gasteiger charge is -2.04. The number of fused-ring (bicyclic) bond motifs is 1. The van der Waals surface area contributed by atoms with E-state index in [1.165, 1.54) is 0 Å². The monoisotopic (exact) mass is 281 g/mol. The summed E-state index contributed by atoms with van der Waals surface area (Å²) in [6, 6.07) is 10.1. The van der Waals surface area contributed by atoms with Crippen LogP contribution in [-0.4, -0.2) is 26.5 Å². The molecule has 0 aliphatic rings. The molecular weight excluding hydrogens is 262 g/mol. The average molecular weight is 281 g/mol. The first kappa shape index (κ1) is 13.7. The predicted octanol–water partition coefficient (Wildman–Crippen LogP) is 2.56. The zero-order chi connectivity index (χ0) is 14.7. The van der Waals surface area contributed by atoms with Crippen molar-refractivity contribution in [2.75, 3.05) is 6.54 Å². The first-order valence-electron chi connectivity index (χ1n) is 7.19. The van der Waals surface area contributed by atoms with Crippen LogP contribution in [0.3, 0.4) is 0 Å². The van der Waals surface area contributed by atoms with Crippen molar-refractivity contribution in [3.63, 3.8) is 0 Å². The van der Waals surface area contributed by atoms with Crippen molar-refractivity contribution in [2.45, 2.75) is 20.4 Å². The van der Waals surface area contributed by atoms with Crippen LogP contribution in [0.25, 0.3) is 16.6 Å². The molecule has 0 aliphatic heterocycles. The molecule has 3 aromatic rings. The maximum atomic E-state index is 4.32. The van der Waals surface area contributed by atoms with E-state index in [0.29, 0.717) is 5.92 Å². The van der Waals surface area contributed by atoms with Crippen LogP contribution >= 0.6 is 0 Å². The SMILES string of the molecule is CC(C)CNCc1cn(-c2ccc3ncccc3c2)nn1. The van der Waals surface area contributed by atoms with Gasteiger partial charge in [-0.3, -0.25) is 4.98 Å². The first-order valence-corrected chi connectivity index (χ1v) is 7.19. The zero-order valence-electron chi connectivity index (χ0n) is 12.3. The highest BCUT2D eigenvalue weighted by Gasteiger charge is 2.04. The van der Waals surface area contributed by atoms with Crippen molar-refractivity contribution in [3.8, 4) is 5.69 Å². The van der Waals surface area contributed by atoms with Crippen LogP contribution < -0.4 is 5.32 Å². The lowest BCUT2D eigenvalue weighted by atomic mass is 10.2. The highest BCUT2D eigenvalue weighted by molar-refractivity contribution is 5.80. The number of hydrogen-bond donors (Lipinski definition) is 1. The summed E-state index contributed by atoms with van der Waals surface area (Å²) in [6.45, 7) is 6.10. The number of nitrogens with zero attached hydrogens (tertiary/aromatic N) is 4. The zero-order valence-corrected chi connectivity index (χ0v) is 12.3. The van der Waals surface area contributed by atoms with Crippen LogP contribution in [0.4, 0.5) is 0 Å². The Morgan fingerprint density at radius 1 is 1.24 bits per heavy atom. The lowest BCUT2D eigenvalue weighted by Crippen LogP contribution is -2.19. The topological polar surface area (TPSA) is 55.6 Å². The van der Waals surface area contributed by atoms with Crippen LogP contribution in [0, 0.1) is 5.92 Å². The molecule has 0 aliphatic carbocycles. The van der Waals surface area contributed by atoms with E-state index in [4.69, 9.17) is 0 Å². The summed E-state index contributed by atoms with van der Waals surface area (Å²) in [6.07, 6.45) is 3.76. The maximum Gasteiger partial charge on any atom is 0.0969 e. The van der Waals surface area contributed by atoms with E-state index in [-0.39, 0.29) is 0 Å². The van der Waals surface area contributed by atoms with E-state index in [1.54, 1.807) is 10.9 Å². The molecule has 21 heavy (non-hydrogen) atoms. The predicted molar refractivity (Wildman–Crippen MR) is 83.2 cm³/mol. The van der Waals surface area contributed by atoms with Crippen LogP contribution in [-0.2, 0) is 6.54 Å². The van der Waals surface area contributed by atoms with E-state index in [1.807, 2.05) is 30.5 Å². The lowest BCUT2D eigenvalue weighted by molar-refractivity contribution is 0.548. The normalized spacial score (nSPS) is 11.4. The molecular formula is C16H19N5. The fourth-order valence-corrected chi connectivity index (χ4v) is 2.20. The van der Waals surface area contributed by atoms with Crippen LogP contribution in [0.1, 0.15) is 19.5 Å². The molecule has 1 aromatic carbocycles. The van der Waals surface area contributed by atoms with Crippen molar-refractivity contribution < 1.29 is 0 Å². The van der Waals surface area contributed by atoms with E-state index in [2.05, 4.69) is 40.5 Å². The fourth-order valence-electron chi connectivity index (χ4n) is 2.20. The van der Waals surface area contributed by atoms with E-state index in [9.17, 15) is 0 Å². The molecule has 1 N–H and O–H groups in total. The number of benzene rings is 1. The minimum Gasteiger partial charge on any atom is -0.311 e. The van der Waals surface area contributed by atoms with Gasteiger partial charge in [0, 0.05) is 18.1 Å². The number of pyridine rings is 1. The van der Waals surface area contributed by atoms with Crippen molar-refractivity contribution in [2.24, 2.45) is 5.92 Å². The molecule has 3 rings (SSSR count). The van der Waals surface area contributed by atoms with Crippen molar-refractivity contribution >= 4 is 10.9 Å². The van der Waals surface area contributed by atoms with E-state index >= 15 is 0 Å². The summed E-state index contributed by atoms with van der Waals surface area (Å²) < 4.78 is 1.80. The second-order valence-electron chi connectivity index (χ2n) is 5.56. The van der Waals surface area contributed by atoms with Crippen LogP contribution in [0.5, 0.6) is 0 Å². The minimum absolute atomic E-state index is 0.632. The quantitative estimate of drug-likeness (QED) is 0.781. The van der Waals surface area contributed by atoms with Gasteiger partial charge in [0.05, 0.1) is 23.1 Å². The molecule has 0 saturated heterocycles. The molecule has 0 bridgehead atoms. The standard InChI is InChI=1S/C16H19N5/c1-12(2)9-17-10-14-11-21(20-19-14)15-5-6-16-13(8-15)4-3-7-18-16/h3-8,11-12,17H,9-10H2,1-2H3. The van der Waals surface area contributed by atoms with Crippen molar-refractivity contribution in [1.29, 1.82) is 0 Å². The Morgan fingerprint density at radius 3 is 3.00 bits per heavy atom. The third kappa shape index (κ3) is 3.25. The Bertz CT molecular complexity index is 732. The summed E-state index contributed by atoms with van der Waals surface area (Å²) in [5, 5.41) is 12.9. The smallest absolute Gasteiger partial charge is 0.0969 e. The number of rotatable bonds is 5. The van der Waals surface area contributed by atoms with Gasteiger partial charge in [-0.05, 0) is 36.7 Å². The van der Waals surface area contributed by atoms with Gasteiger partial charge < -0.3 is 5.32 Å². The highest BCUT2D eigenvalue weighted by Crippen LogP contribution is 2.16. The molecule has 0 radical (unpaired) electrons. The third-order valence-corrected chi connectivity index (χ3v) is 3.25. The molecule has 2 heterocycles. The molecule has 108 valence electrons. The number of hydrogen-bond acceptors (Lipinski definition) is 4. The average Bonchev–Trinajstić information content (AvgIpc) is 2.95. The van der Waals surface area contributed by atoms with E-state index < -0.39 is 0 Å². The van der Waals surface area contributed by atoms with Crippen LogP contribution in [0.15, 0.2) is 42.7 Å².